The van der Waals surface area contributed by atoms with Crippen LogP contribution in [-0.4, -0.2) is 25.3 Å². The van der Waals surface area contributed by atoms with Gasteiger partial charge < -0.3 is 9.13 Å². The van der Waals surface area contributed by atoms with Crippen LogP contribution in [0.4, 0.5) is 0 Å². The summed E-state index contributed by atoms with van der Waals surface area (Å²) in [6, 6.07) is 67.5. The first kappa shape index (κ1) is 33.2. The molecule has 0 saturated carbocycles. The van der Waals surface area contributed by atoms with Gasteiger partial charge in [0.15, 0.2) is 0 Å². The fraction of sp³-hybridized carbons (Fsp3) is 0.0769. The number of fused-ring (bicyclic) bond motifs is 12. The Bertz CT molecular complexity index is 2980. The Morgan fingerprint density at radius 1 is 0.357 bits per heavy atom. The van der Waals surface area contributed by atoms with Gasteiger partial charge in [-0.3, -0.25) is 0 Å². The Morgan fingerprint density at radius 3 is 1.07 bits per heavy atom. The summed E-state index contributed by atoms with van der Waals surface area (Å²) in [5, 5.41) is 17.4. The number of nitrogens with zero attached hydrogens (tertiary/aromatic N) is 2. The van der Waals surface area contributed by atoms with Crippen LogP contribution in [0.25, 0.3) is 65.9 Å². The van der Waals surface area contributed by atoms with Crippen molar-refractivity contribution < 1.29 is 0 Å². The molecule has 10 aromatic rings. The fourth-order valence-electron chi connectivity index (χ4n) is 10.5. The van der Waals surface area contributed by atoms with E-state index in [1.54, 1.807) is 20.7 Å². The number of benzene rings is 8. The molecular formula is C52H42N2Si2. The molecular weight excluding hydrogens is 709 g/mol. The molecule has 0 bridgehead atoms. The zero-order valence-corrected chi connectivity index (χ0v) is 34.2. The maximum absolute atomic E-state index is 2.54. The molecule has 0 aliphatic carbocycles. The van der Waals surface area contributed by atoms with E-state index in [0.29, 0.717) is 0 Å². The lowest BCUT2D eigenvalue weighted by molar-refractivity contribution is 0.983. The minimum atomic E-state index is -2.09. The highest BCUT2D eigenvalue weighted by Crippen LogP contribution is 2.37. The summed E-state index contributed by atoms with van der Waals surface area (Å²) in [4.78, 5) is 0. The predicted molar refractivity (Wildman–Crippen MR) is 246 cm³/mol. The second-order valence-electron chi connectivity index (χ2n) is 16.1. The number of hydrogen-bond donors (Lipinski definition) is 0. The monoisotopic (exact) mass is 750 g/mol. The van der Waals surface area contributed by atoms with Crippen molar-refractivity contribution >= 4 is 90.6 Å². The number of hydrogen-bond acceptors (Lipinski definition) is 0. The van der Waals surface area contributed by atoms with E-state index in [4.69, 9.17) is 0 Å². The predicted octanol–water partition coefficient (Wildman–Crippen LogP) is 8.82. The molecule has 0 saturated heterocycles. The molecule has 4 heterocycles. The van der Waals surface area contributed by atoms with E-state index in [9.17, 15) is 0 Å². The van der Waals surface area contributed by atoms with Crippen molar-refractivity contribution in [3.63, 3.8) is 0 Å². The topological polar surface area (TPSA) is 9.86 Å². The van der Waals surface area contributed by atoms with Gasteiger partial charge in [0.05, 0.1) is 0 Å². The maximum Gasteiger partial charge on any atom is 0.149 e. The molecule has 4 heteroatoms. The van der Waals surface area contributed by atoms with Crippen LogP contribution in [0.15, 0.2) is 182 Å². The summed E-state index contributed by atoms with van der Waals surface area (Å²) in [5.41, 5.74) is 8.35. The minimum Gasteiger partial charge on any atom is -0.344 e. The van der Waals surface area contributed by atoms with Gasteiger partial charge >= 0.3 is 0 Å². The van der Waals surface area contributed by atoms with Gasteiger partial charge in [0, 0.05) is 47.3 Å². The first-order chi connectivity index (χ1) is 27.4. The van der Waals surface area contributed by atoms with Gasteiger partial charge in [-0.15, -0.1) is 0 Å². The molecule has 2 aliphatic rings. The molecule has 0 unspecified atom stereocenters. The van der Waals surface area contributed by atoms with Gasteiger partial charge in [-0.1, -0.05) is 171 Å². The largest absolute Gasteiger partial charge is 0.344 e. The van der Waals surface area contributed by atoms with Gasteiger partial charge in [-0.05, 0) is 88.1 Å². The van der Waals surface area contributed by atoms with E-state index in [-0.39, 0.29) is 0 Å². The average molecular weight is 751 g/mol. The first-order valence-corrected chi connectivity index (χ1v) is 24.7. The third-order valence-electron chi connectivity index (χ3n) is 13.3. The van der Waals surface area contributed by atoms with Gasteiger partial charge in [-0.25, -0.2) is 0 Å². The molecule has 8 aromatic carbocycles. The van der Waals surface area contributed by atoms with Crippen LogP contribution in [-0.2, 0) is 14.1 Å². The van der Waals surface area contributed by atoms with Gasteiger partial charge in [0.2, 0.25) is 0 Å². The highest BCUT2D eigenvalue weighted by atomic mass is 28.3. The van der Waals surface area contributed by atoms with Gasteiger partial charge in [0.1, 0.15) is 16.1 Å². The van der Waals surface area contributed by atoms with Crippen LogP contribution in [0.1, 0.15) is 0 Å². The van der Waals surface area contributed by atoms with Crippen molar-refractivity contribution in [3.05, 3.63) is 182 Å². The van der Waals surface area contributed by atoms with Crippen LogP contribution in [0.3, 0.4) is 0 Å². The zero-order chi connectivity index (χ0) is 37.8. The SMILES string of the molecule is Cn1c2c(c3ccccc31)[Si@@](C)(c1ccccc1)c1cc3ccccc3cc1-2.Cn1c2c(c3ccccc31)[Si@@](C)(c1ccccc1)c1cc3ccccc3cc1-2. The first-order valence-electron chi connectivity index (χ1n) is 19.7. The number of aryl methyl sites for hydroxylation is 2. The van der Waals surface area contributed by atoms with Crippen molar-refractivity contribution in [3.8, 4) is 22.5 Å². The fourth-order valence-corrected chi connectivity index (χ4v) is 19.4. The molecule has 0 spiro atoms. The van der Waals surface area contributed by atoms with Gasteiger partial charge in [-0.2, -0.15) is 0 Å². The highest BCUT2D eigenvalue weighted by Gasteiger charge is 2.48. The Hall–Kier alpha value is -6.21. The van der Waals surface area contributed by atoms with Crippen LogP contribution >= 0.6 is 0 Å². The smallest absolute Gasteiger partial charge is 0.149 e. The van der Waals surface area contributed by atoms with Gasteiger partial charge in [0.25, 0.3) is 0 Å². The molecule has 0 radical (unpaired) electrons. The Kier molecular flexibility index (Phi) is 7.19. The normalized spacial score (nSPS) is 17.8. The number of aromatic nitrogens is 2. The lowest BCUT2D eigenvalue weighted by Crippen LogP contribution is -2.62. The van der Waals surface area contributed by atoms with E-state index in [0.717, 1.165) is 0 Å². The Labute approximate surface area is 329 Å². The summed E-state index contributed by atoms with van der Waals surface area (Å²) >= 11 is 0. The molecule has 2 atom stereocenters. The van der Waals surface area contributed by atoms with Crippen molar-refractivity contribution in [1.29, 1.82) is 0 Å². The summed E-state index contributed by atoms with van der Waals surface area (Å²) in [7, 11) is 0.284. The standard InChI is InChI=1S/2C26H21NSi/c2*1-27-23-15-9-8-14-21(23)26-25(27)22-16-18-10-6-7-11-19(18)17-24(22)28(26,2)20-12-4-3-5-13-20/h2*3-17H,1-2H3/t2*28-/m00/s1. The molecule has 0 fully saturated rings. The summed E-state index contributed by atoms with van der Waals surface area (Å²) in [6.45, 7) is 5.07. The molecule has 2 aromatic heterocycles. The van der Waals surface area contributed by atoms with E-state index in [2.05, 4.69) is 218 Å². The van der Waals surface area contributed by atoms with Crippen molar-refractivity contribution in [2.24, 2.45) is 14.1 Å². The summed E-state index contributed by atoms with van der Waals surface area (Å²) < 4.78 is 4.83. The van der Waals surface area contributed by atoms with Crippen LogP contribution in [0.2, 0.25) is 13.1 Å². The highest BCUT2D eigenvalue weighted by molar-refractivity contribution is 7.15. The molecule has 268 valence electrons. The molecule has 2 aliphatic heterocycles. The molecule has 0 N–H and O–H groups in total. The second kappa shape index (κ2) is 12.1. The van der Waals surface area contributed by atoms with Crippen LogP contribution < -0.4 is 31.1 Å². The molecule has 12 rings (SSSR count). The summed E-state index contributed by atoms with van der Waals surface area (Å²) in [6.07, 6.45) is 0. The Balaban J connectivity index is 0.000000130. The van der Waals surface area contributed by atoms with E-state index >= 15 is 0 Å². The lowest BCUT2D eigenvalue weighted by Gasteiger charge is -2.26. The van der Waals surface area contributed by atoms with Crippen molar-refractivity contribution in [1.82, 2.24) is 9.13 Å². The molecule has 0 amide bonds. The summed E-state index contributed by atoms with van der Waals surface area (Å²) in [5.74, 6) is 0. The minimum absolute atomic E-state index is 1.32. The van der Waals surface area contributed by atoms with E-state index < -0.39 is 16.1 Å². The average Bonchev–Trinajstić information content (AvgIpc) is 3.91. The van der Waals surface area contributed by atoms with Crippen molar-refractivity contribution in [2.75, 3.05) is 0 Å². The second-order valence-corrected chi connectivity index (χ2v) is 23.8. The zero-order valence-electron chi connectivity index (χ0n) is 32.2. The Morgan fingerprint density at radius 2 is 0.679 bits per heavy atom. The van der Waals surface area contributed by atoms with Crippen molar-refractivity contribution in [2.45, 2.75) is 13.1 Å². The molecule has 56 heavy (non-hydrogen) atoms. The number of para-hydroxylation sites is 2. The van der Waals surface area contributed by atoms with Crippen LogP contribution in [0, 0.1) is 0 Å². The lowest BCUT2D eigenvalue weighted by atomic mass is 10.0. The van der Waals surface area contributed by atoms with E-state index in [1.807, 2.05) is 0 Å². The third kappa shape index (κ3) is 4.42. The maximum atomic E-state index is 2.54. The quantitative estimate of drug-likeness (QED) is 0.157. The number of rotatable bonds is 2. The van der Waals surface area contributed by atoms with E-state index in [1.165, 1.54) is 76.2 Å². The molecule has 2 nitrogen and oxygen atoms in total. The third-order valence-corrected chi connectivity index (χ3v) is 22.2. The van der Waals surface area contributed by atoms with Crippen LogP contribution in [0.5, 0.6) is 0 Å².